The first-order valence-corrected chi connectivity index (χ1v) is 11.5. The number of fused-ring (bicyclic) bond motifs is 5. The van der Waals surface area contributed by atoms with Gasteiger partial charge in [-0.3, -0.25) is 0 Å². The molecule has 0 radical (unpaired) electrons. The van der Waals surface area contributed by atoms with Crippen LogP contribution in [0.2, 0.25) is 0 Å². The average Bonchev–Trinajstić information content (AvgIpc) is 2.76. The standard InChI is InChI=1S/C31H31N/c1-30(2,3)22-9-7-8-21(19-22)29-28-15-14-25-24-13-11-23(31(4,5)6)18-20(24)10-12-26(25)27(28)16-17-32-29/h7-19H,1-6H3/p+1. The molecule has 1 heteroatoms. The van der Waals surface area contributed by atoms with Gasteiger partial charge in [-0.05, 0) is 61.7 Å². The molecule has 0 fully saturated rings. The van der Waals surface area contributed by atoms with Crippen molar-refractivity contribution in [1.29, 1.82) is 0 Å². The van der Waals surface area contributed by atoms with E-state index in [0.717, 1.165) is 0 Å². The molecular weight excluding hydrogens is 386 g/mol. The van der Waals surface area contributed by atoms with E-state index in [1.807, 2.05) is 0 Å². The van der Waals surface area contributed by atoms with E-state index in [1.54, 1.807) is 0 Å². The Hall–Kier alpha value is -3.19. The zero-order chi connectivity index (χ0) is 22.7. The van der Waals surface area contributed by atoms with Crippen molar-refractivity contribution in [2.45, 2.75) is 52.4 Å². The second-order valence-corrected chi connectivity index (χ2v) is 11.1. The molecule has 5 rings (SSSR count). The Morgan fingerprint density at radius 3 is 1.88 bits per heavy atom. The number of rotatable bonds is 1. The summed E-state index contributed by atoms with van der Waals surface area (Å²) in [5.74, 6) is 0. The predicted molar refractivity (Wildman–Crippen MR) is 138 cm³/mol. The van der Waals surface area contributed by atoms with Gasteiger partial charge < -0.3 is 0 Å². The Balaban J connectivity index is 1.74. The molecule has 4 aromatic carbocycles. The lowest BCUT2D eigenvalue weighted by Crippen LogP contribution is -2.12. The maximum Gasteiger partial charge on any atom is 0.218 e. The summed E-state index contributed by atoms with van der Waals surface area (Å²) in [4.78, 5) is 3.53. The molecule has 160 valence electrons. The third kappa shape index (κ3) is 3.46. The van der Waals surface area contributed by atoms with Crippen molar-refractivity contribution in [1.82, 2.24) is 0 Å². The van der Waals surface area contributed by atoms with E-state index in [2.05, 4.69) is 126 Å². The van der Waals surface area contributed by atoms with Gasteiger partial charge in [0.25, 0.3) is 0 Å². The van der Waals surface area contributed by atoms with E-state index in [0.29, 0.717) is 0 Å². The van der Waals surface area contributed by atoms with Crippen LogP contribution in [0.15, 0.2) is 79.0 Å². The van der Waals surface area contributed by atoms with Crippen LogP contribution in [0, 0.1) is 0 Å². The van der Waals surface area contributed by atoms with Gasteiger partial charge in [0.2, 0.25) is 5.69 Å². The van der Waals surface area contributed by atoms with Crippen LogP contribution in [-0.2, 0) is 10.8 Å². The molecule has 0 amide bonds. The summed E-state index contributed by atoms with van der Waals surface area (Å²) in [5.41, 5.74) is 5.41. The fourth-order valence-corrected chi connectivity index (χ4v) is 4.70. The van der Waals surface area contributed by atoms with E-state index in [9.17, 15) is 0 Å². The highest BCUT2D eigenvalue weighted by atomic mass is 14.7. The van der Waals surface area contributed by atoms with Crippen LogP contribution in [0.25, 0.3) is 43.6 Å². The first-order valence-electron chi connectivity index (χ1n) is 11.5. The Labute approximate surface area is 191 Å². The van der Waals surface area contributed by atoms with Crippen molar-refractivity contribution in [2.24, 2.45) is 0 Å². The van der Waals surface area contributed by atoms with Crippen LogP contribution in [0.5, 0.6) is 0 Å². The van der Waals surface area contributed by atoms with E-state index in [-0.39, 0.29) is 10.8 Å². The molecule has 0 aliphatic rings. The molecule has 1 heterocycles. The Morgan fingerprint density at radius 1 is 0.531 bits per heavy atom. The van der Waals surface area contributed by atoms with Crippen molar-refractivity contribution in [2.75, 3.05) is 0 Å². The lowest BCUT2D eigenvalue weighted by atomic mass is 9.85. The molecule has 0 bridgehead atoms. The normalized spacial score (nSPS) is 12.7. The van der Waals surface area contributed by atoms with Crippen LogP contribution < -0.4 is 4.98 Å². The number of nitrogens with one attached hydrogen (secondary N) is 1. The van der Waals surface area contributed by atoms with Crippen molar-refractivity contribution in [3.05, 3.63) is 90.1 Å². The lowest BCUT2D eigenvalue weighted by molar-refractivity contribution is -0.362. The monoisotopic (exact) mass is 418 g/mol. The fourth-order valence-electron chi connectivity index (χ4n) is 4.70. The zero-order valence-electron chi connectivity index (χ0n) is 20.0. The summed E-state index contributed by atoms with van der Waals surface area (Å²) >= 11 is 0. The fraction of sp³-hybridized carbons (Fsp3) is 0.258. The van der Waals surface area contributed by atoms with Gasteiger partial charge in [-0.2, -0.15) is 0 Å². The molecule has 0 unspecified atom stereocenters. The summed E-state index contributed by atoms with van der Waals surface area (Å²) in [6.07, 6.45) is 2.08. The van der Waals surface area contributed by atoms with Crippen LogP contribution in [0.3, 0.4) is 0 Å². The van der Waals surface area contributed by atoms with E-state index >= 15 is 0 Å². The quantitative estimate of drug-likeness (QED) is 0.243. The van der Waals surface area contributed by atoms with Gasteiger partial charge in [0, 0.05) is 17.0 Å². The average molecular weight is 419 g/mol. The highest BCUT2D eigenvalue weighted by Gasteiger charge is 2.19. The molecule has 0 saturated heterocycles. The van der Waals surface area contributed by atoms with Gasteiger partial charge in [0.1, 0.15) is 0 Å². The summed E-state index contributed by atoms with van der Waals surface area (Å²) in [6, 6.07) is 27.2. The van der Waals surface area contributed by atoms with Crippen molar-refractivity contribution in [3.63, 3.8) is 0 Å². The van der Waals surface area contributed by atoms with Crippen LogP contribution in [0.4, 0.5) is 0 Å². The number of hydrogen-bond acceptors (Lipinski definition) is 0. The van der Waals surface area contributed by atoms with Crippen molar-refractivity contribution < 1.29 is 4.98 Å². The Kier molecular flexibility index (Phi) is 4.64. The maximum absolute atomic E-state index is 3.53. The minimum Gasteiger partial charge on any atom is -0.211 e. The topological polar surface area (TPSA) is 14.1 Å². The summed E-state index contributed by atoms with van der Waals surface area (Å²) < 4.78 is 0. The van der Waals surface area contributed by atoms with Gasteiger partial charge in [0.15, 0.2) is 6.20 Å². The van der Waals surface area contributed by atoms with Gasteiger partial charge in [-0.15, -0.1) is 0 Å². The first-order chi connectivity index (χ1) is 15.1. The molecule has 1 aromatic heterocycles. The molecule has 0 aliphatic heterocycles. The predicted octanol–water partition coefficient (Wildman–Crippen LogP) is 8.22. The summed E-state index contributed by atoms with van der Waals surface area (Å²) in [7, 11) is 0. The second kappa shape index (κ2) is 7.17. The number of benzene rings is 4. The molecule has 0 saturated carbocycles. The molecule has 0 aliphatic carbocycles. The molecule has 5 aromatic rings. The number of pyridine rings is 1. The SMILES string of the molecule is CC(C)(C)c1cccc(-c2[nH+]ccc3c2ccc2c4ccc(C(C)(C)C)cc4ccc32)c1. The third-order valence-electron chi connectivity index (χ3n) is 6.69. The maximum atomic E-state index is 3.53. The number of aromatic nitrogens is 1. The first kappa shape index (κ1) is 20.7. The van der Waals surface area contributed by atoms with E-state index in [4.69, 9.17) is 0 Å². The van der Waals surface area contributed by atoms with Gasteiger partial charge in [0.05, 0.1) is 5.39 Å². The third-order valence-corrected chi connectivity index (χ3v) is 6.69. The van der Waals surface area contributed by atoms with Crippen LogP contribution >= 0.6 is 0 Å². The highest BCUT2D eigenvalue weighted by molar-refractivity contribution is 6.18. The molecule has 1 N–H and O–H groups in total. The van der Waals surface area contributed by atoms with Crippen LogP contribution in [-0.4, -0.2) is 0 Å². The number of aromatic amines is 1. The van der Waals surface area contributed by atoms with Crippen molar-refractivity contribution in [3.8, 4) is 11.3 Å². The largest absolute Gasteiger partial charge is 0.218 e. The van der Waals surface area contributed by atoms with E-state index < -0.39 is 0 Å². The number of hydrogen-bond donors (Lipinski definition) is 0. The minimum atomic E-state index is 0.123. The summed E-state index contributed by atoms with van der Waals surface area (Å²) in [5, 5.41) is 7.80. The Morgan fingerprint density at radius 2 is 1.12 bits per heavy atom. The second-order valence-electron chi connectivity index (χ2n) is 11.1. The molecule has 1 nitrogen and oxygen atoms in total. The smallest absolute Gasteiger partial charge is 0.211 e. The Bertz CT molecular complexity index is 1480. The van der Waals surface area contributed by atoms with Gasteiger partial charge in [-0.1, -0.05) is 90.1 Å². The van der Waals surface area contributed by atoms with Gasteiger partial charge in [-0.25, -0.2) is 4.98 Å². The molecule has 32 heavy (non-hydrogen) atoms. The summed E-state index contributed by atoms with van der Waals surface area (Å²) in [6.45, 7) is 13.6. The molecular formula is C31H32N+. The molecule has 0 atom stereocenters. The molecule has 0 spiro atoms. The minimum absolute atomic E-state index is 0.123. The zero-order valence-corrected chi connectivity index (χ0v) is 20.0. The van der Waals surface area contributed by atoms with Crippen molar-refractivity contribution >= 4 is 32.3 Å². The lowest BCUT2D eigenvalue weighted by Gasteiger charge is -2.20. The number of H-pyrrole nitrogens is 1. The highest BCUT2D eigenvalue weighted by Crippen LogP contribution is 2.36. The van der Waals surface area contributed by atoms with Crippen LogP contribution in [0.1, 0.15) is 52.7 Å². The van der Waals surface area contributed by atoms with Gasteiger partial charge >= 0.3 is 0 Å². The van der Waals surface area contributed by atoms with E-state index in [1.165, 1.54) is 54.7 Å².